The topological polar surface area (TPSA) is 72.6 Å². The van der Waals surface area contributed by atoms with E-state index >= 15 is 0 Å². The SMILES string of the molecule is COC(=O)c1ccc2c(c1)C(N(C(=O)c1cc(F)ccc1N)C(C)C)CC2. The Hall–Kier alpha value is -2.89. The monoisotopic (exact) mass is 370 g/mol. The quantitative estimate of drug-likeness (QED) is 0.657. The zero-order valence-corrected chi connectivity index (χ0v) is 15.7. The summed E-state index contributed by atoms with van der Waals surface area (Å²) in [7, 11) is 1.34. The number of nitrogens with zero attached hydrogens (tertiary/aromatic N) is 1. The number of hydrogen-bond donors (Lipinski definition) is 1. The van der Waals surface area contributed by atoms with E-state index in [0.717, 1.165) is 24.0 Å². The standard InChI is InChI=1S/C21H23FN2O3/c1-12(2)24(20(25)17-11-15(22)7-8-18(17)23)19-9-6-13-4-5-14(10-16(13)19)21(26)27-3/h4-5,7-8,10-12,19H,6,9,23H2,1-3H3. The Balaban J connectivity index is 2.02. The van der Waals surface area contributed by atoms with Gasteiger partial charge in [-0.1, -0.05) is 6.07 Å². The van der Waals surface area contributed by atoms with Crippen LogP contribution in [0.4, 0.5) is 10.1 Å². The number of nitrogens with two attached hydrogens (primary N) is 1. The second-order valence-corrected chi connectivity index (χ2v) is 7.00. The van der Waals surface area contributed by atoms with Gasteiger partial charge in [0.1, 0.15) is 5.82 Å². The van der Waals surface area contributed by atoms with Crippen LogP contribution in [0.25, 0.3) is 0 Å². The highest BCUT2D eigenvalue weighted by atomic mass is 19.1. The molecular weight excluding hydrogens is 347 g/mol. The first-order chi connectivity index (χ1) is 12.8. The second-order valence-electron chi connectivity index (χ2n) is 7.00. The van der Waals surface area contributed by atoms with Gasteiger partial charge in [0.15, 0.2) is 0 Å². The van der Waals surface area contributed by atoms with Crippen molar-refractivity contribution in [3.8, 4) is 0 Å². The van der Waals surface area contributed by atoms with Gasteiger partial charge >= 0.3 is 5.97 Å². The van der Waals surface area contributed by atoms with Crippen LogP contribution in [0.1, 0.15) is 58.2 Å². The van der Waals surface area contributed by atoms with Gasteiger partial charge in [-0.15, -0.1) is 0 Å². The highest BCUT2D eigenvalue weighted by molar-refractivity contribution is 5.99. The van der Waals surface area contributed by atoms with Crippen molar-refractivity contribution in [2.24, 2.45) is 0 Å². The Morgan fingerprint density at radius 3 is 2.63 bits per heavy atom. The Morgan fingerprint density at radius 2 is 1.96 bits per heavy atom. The van der Waals surface area contributed by atoms with Gasteiger partial charge in [-0.25, -0.2) is 9.18 Å². The van der Waals surface area contributed by atoms with Crippen LogP contribution in [-0.2, 0) is 11.2 Å². The number of aryl methyl sites for hydroxylation is 1. The fourth-order valence-corrected chi connectivity index (χ4v) is 3.70. The molecule has 0 saturated heterocycles. The maximum absolute atomic E-state index is 13.7. The number of fused-ring (bicyclic) bond motifs is 1. The number of esters is 1. The van der Waals surface area contributed by atoms with E-state index in [0.29, 0.717) is 5.56 Å². The number of halogens is 1. The van der Waals surface area contributed by atoms with Gasteiger partial charge in [0, 0.05) is 11.7 Å². The minimum Gasteiger partial charge on any atom is -0.465 e. The zero-order chi connectivity index (χ0) is 19.7. The maximum atomic E-state index is 13.7. The number of nitrogen functional groups attached to an aromatic ring is 1. The van der Waals surface area contributed by atoms with Gasteiger partial charge in [-0.2, -0.15) is 0 Å². The van der Waals surface area contributed by atoms with Crippen LogP contribution < -0.4 is 5.73 Å². The van der Waals surface area contributed by atoms with Crippen LogP contribution in [-0.4, -0.2) is 29.9 Å². The Morgan fingerprint density at radius 1 is 1.22 bits per heavy atom. The molecule has 0 aliphatic heterocycles. The summed E-state index contributed by atoms with van der Waals surface area (Å²) in [6, 6.07) is 8.90. The number of carbonyl (C=O) groups is 2. The molecule has 1 amide bonds. The van der Waals surface area contributed by atoms with Gasteiger partial charge in [0.2, 0.25) is 0 Å². The third-order valence-corrected chi connectivity index (χ3v) is 4.99. The molecule has 5 nitrogen and oxygen atoms in total. The summed E-state index contributed by atoms with van der Waals surface area (Å²) >= 11 is 0. The molecule has 0 spiro atoms. The van der Waals surface area contributed by atoms with Crippen molar-refractivity contribution in [3.63, 3.8) is 0 Å². The summed E-state index contributed by atoms with van der Waals surface area (Å²) in [6.45, 7) is 3.82. The summed E-state index contributed by atoms with van der Waals surface area (Å²) in [6.07, 6.45) is 1.54. The molecular formula is C21H23FN2O3. The highest BCUT2D eigenvalue weighted by Gasteiger charge is 2.34. The molecule has 2 aromatic rings. The van der Waals surface area contributed by atoms with E-state index in [1.807, 2.05) is 19.9 Å². The number of carbonyl (C=O) groups excluding carboxylic acids is 2. The van der Waals surface area contributed by atoms with Crippen molar-refractivity contribution in [1.82, 2.24) is 4.90 Å². The van der Waals surface area contributed by atoms with Crippen molar-refractivity contribution < 1.29 is 18.7 Å². The number of hydrogen-bond acceptors (Lipinski definition) is 4. The molecule has 1 atom stereocenters. The molecule has 0 heterocycles. The fraction of sp³-hybridized carbons (Fsp3) is 0.333. The van der Waals surface area contributed by atoms with Gasteiger partial charge in [-0.05, 0) is 68.1 Å². The third kappa shape index (κ3) is 3.52. The van der Waals surface area contributed by atoms with E-state index in [2.05, 4.69) is 0 Å². The Kier molecular flexibility index (Phi) is 5.17. The molecule has 0 fully saturated rings. The van der Waals surface area contributed by atoms with E-state index in [1.54, 1.807) is 17.0 Å². The van der Waals surface area contributed by atoms with E-state index in [1.165, 1.54) is 25.3 Å². The van der Waals surface area contributed by atoms with E-state index in [9.17, 15) is 14.0 Å². The molecule has 3 rings (SSSR count). The maximum Gasteiger partial charge on any atom is 0.337 e. The lowest BCUT2D eigenvalue weighted by Gasteiger charge is -2.34. The number of amides is 1. The smallest absolute Gasteiger partial charge is 0.337 e. The van der Waals surface area contributed by atoms with Gasteiger partial charge < -0.3 is 15.4 Å². The lowest BCUT2D eigenvalue weighted by molar-refractivity contribution is 0.0600. The average Bonchev–Trinajstić information content (AvgIpc) is 3.05. The van der Waals surface area contributed by atoms with Crippen molar-refractivity contribution in [2.75, 3.05) is 12.8 Å². The van der Waals surface area contributed by atoms with Gasteiger partial charge in [-0.3, -0.25) is 4.79 Å². The summed E-state index contributed by atoms with van der Waals surface area (Å²) < 4.78 is 18.5. The van der Waals surface area contributed by atoms with Crippen molar-refractivity contribution in [1.29, 1.82) is 0 Å². The molecule has 27 heavy (non-hydrogen) atoms. The molecule has 2 aromatic carbocycles. The molecule has 0 bridgehead atoms. The second kappa shape index (κ2) is 7.39. The van der Waals surface area contributed by atoms with Crippen LogP contribution in [0.15, 0.2) is 36.4 Å². The van der Waals surface area contributed by atoms with Crippen molar-refractivity contribution >= 4 is 17.6 Å². The summed E-state index contributed by atoms with van der Waals surface area (Å²) in [5.41, 5.74) is 8.80. The van der Waals surface area contributed by atoms with Crippen LogP contribution in [0.2, 0.25) is 0 Å². The predicted molar refractivity (Wildman–Crippen MR) is 101 cm³/mol. The lowest BCUT2D eigenvalue weighted by Crippen LogP contribution is -2.39. The normalized spacial score (nSPS) is 15.5. The van der Waals surface area contributed by atoms with Crippen LogP contribution in [0.3, 0.4) is 0 Å². The number of methoxy groups -OCH3 is 1. The summed E-state index contributed by atoms with van der Waals surface area (Å²) in [5.74, 6) is -1.24. The van der Waals surface area contributed by atoms with Crippen LogP contribution in [0, 0.1) is 5.82 Å². The Bertz CT molecular complexity index is 895. The van der Waals surface area contributed by atoms with Gasteiger partial charge in [0.25, 0.3) is 5.91 Å². The van der Waals surface area contributed by atoms with Crippen LogP contribution in [0.5, 0.6) is 0 Å². The minimum atomic E-state index is -0.504. The number of ether oxygens (including phenoxy) is 1. The minimum absolute atomic E-state index is 0.127. The molecule has 1 aliphatic carbocycles. The first-order valence-electron chi connectivity index (χ1n) is 8.92. The third-order valence-electron chi connectivity index (χ3n) is 4.99. The number of benzene rings is 2. The van der Waals surface area contributed by atoms with E-state index < -0.39 is 11.8 Å². The molecule has 2 N–H and O–H groups in total. The average molecular weight is 370 g/mol. The van der Waals surface area contributed by atoms with E-state index in [-0.39, 0.29) is 29.2 Å². The lowest BCUT2D eigenvalue weighted by atomic mass is 10.0. The molecule has 1 unspecified atom stereocenters. The number of rotatable bonds is 4. The van der Waals surface area contributed by atoms with Crippen molar-refractivity contribution in [2.45, 2.75) is 38.8 Å². The molecule has 6 heteroatoms. The van der Waals surface area contributed by atoms with E-state index in [4.69, 9.17) is 10.5 Å². The Labute approximate surface area is 157 Å². The molecule has 142 valence electrons. The largest absolute Gasteiger partial charge is 0.465 e. The summed E-state index contributed by atoms with van der Waals surface area (Å²) in [5, 5.41) is 0. The van der Waals surface area contributed by atoms with Gasteiger partial charge in [0.05, 0.1) is 24.3 Å². The summed E-state index contributed by atoms with van der Waals surface area (Å²) in [4.78, 5) is 26.8. The first-order valence-corrected chi connectivity index (χ1v) is 8.92. The predicted octanol–water partition coefficient (Wildman–Crippen LogP) is 3.73. The van der Waals surface area contributed by atoms with Crippen molar-refractivity contribution in [3.05, 3.63) is 64.5 Å². The highest BCUT2D eigenvalue weighted by Crippen LogP contribution is 2.38. The zero-order valence-electron chi connectivity index (χ0n) is 15.7. The molecule has 0 radical (unpaired) electrons. The number of anilines is 1. The molecule has 0 aromatic heterocycles. The fourth-order valence-electron chi connectivity index (χ4n) is 3.70. The molecule has 0 saturated carbocycles. The first kappa shape index (κ1) is 18.9. The van der Waals surface area contributed by atoms with Crippen LogP contribution >= 0.6 is 0 Å². The molecule has 1 aliphatic rings.